The molecule has 2 aromatic carbocycles. The molecule has 28 heavy (non-hydrogen) atoms. The maximum atomic E-state index is 12.9. The van der Waals surface area contributed by atoms with E-state index >= 15 is 0 Å². The fourth-order valence-electron chi connectivity index (χ4n) is 2.39. The average molecular weight is 474 g/mol. The van der Waals surface area contributed by atoms with E-state index in [2.05, 4.69) is 22.5 Å². The summed E-state index contributed by atoms with van der Waals surface area (Å²) in [7, 11) is -3.75. The first kappa shape index (κ1) is 22.4. The lowest BCUT2D eigenvalue weighted by Gasteiger charge is -2.20. The number of sulfonamides is 1. The third-order valence-electron chi connectivity index (χ3n) is 3.86. The van der Waals surface area contributed by atoms with Gasteiger partial charge in [-0.1, -0.05) is 64.5 Å². The third kappa shape index (κ3) is 6.05. The first-order valence-electron chi connectivity index (χ1n) is 8.24. The first-order valence-corrected chi connectivity index (χ1v) is 10.5. The molecule has 0 fully saturated rings. The van der Waals surface area contributed by atoms with Crippen LogP contribution in [0.5, 0.6) is 0 Å². The Labute approximate surface area is 171 Å². The molecule has 0 unspecified atom stereocenters. The monoisotopic (exact) mass is 473 g/mol. The first-order chi connectivity index (χ1) is 13.0. The normalized spacial score (nSPS) is 12.6. The highest BCUT2D eigenvalue weighted by molar-refractivity contribution is 9.11. The summed E-state index contributed by atoms with van der Waals surface area (Å²) >= 11 is 3.18. The van der Waals surface area contributed by atoms with Gasteiger partial charge in [-0.3, -0.25) is 0 Å². The minimum Gasteiger partial charge on any atom is -0.207 e. The summed E-state index contributed by atoms with van der Waals surface area (Å²) in [5.41, 5.74) is 0.750. The van der Waals surface area contributed by atoms with Crippen LogP contribution in [0, 0.1) is 6.92 Å². The Morgan fingerprint density at radius 1 is 1.11 bits per heavy atom. The van der Waals surface area contributed by atoms with Gasteiger partial charge in [0, 0.05) is 17.6 Å². The number of nitrogens with zero attached hydrogens (tertiary/aromatic N) is 1. The van der Waals surface area contributed by atoms with E-state index in [-0.39, 0.29) is 18.0 Å². The van der Waals surface area contributed by atoms with Crippen LogP contribution in [0.3, 0.4) is 0 Å². The smallest absolute Gasteiger partial charge is 0.207 e. The fourth-order valence-corrected chi connectivity index (χ4v) is 4.24. The standard InChI is InChI=1S/C20H19BrF3NO2S/c1-15-5-11-19(12-6-15)28(26,27)25(14-16(2)21)13-3-4-17-7-9-18(10-8-17)20(22,23)24/h3-12H,2,13-14H2,1H3. The summed E-state index contributed by atoms with van der Waals surface area (Å²) in [5.74, 6) is 0. The molecule has 0 bridgehead atoms. The van der Waals surface area contributed by atoms with E-state index in [1.807, 2.05) is 6.92 Å². The van der Waals surface area contributed by atoms with Crippen LogP contribution in [0.4, 0.5) is 13.2 Å². The van der Waals surface area contributed by atoms with Crippen LogP contribution in [-0.4, -0.2) is 25.8 Å². The van der Waals surface area contributed by atoms with Crippen LogP contribution in [0.1, 0.15) is 16.7 Å². The number of alkyl halides is 3. The van der Waals surface area contributed by atoms with E-state index < -0.39 is 21.8 Å². The van der Waals surface area contributed by atoms with Crippen molar-refractivity contribution in [2.24, 2.45) is 0 Å². The van der Waals surface area contributed by atoms with Crippen LogP contribution in [0.15, 0.2) is 70.6 Å². The summed E-state index contributed by atoms with van der Waals surface area (Å²) < 4.78 is 65.3. The predicted octanol–water partition coefficient (Wildman–Crippen LogP) is 5.63. The highest BCUT2D eigenvalue weighted by atomic mass is 79.9. The number of hydrogen-bond donors (Lipinski definition) is 0. The van der Waals surface area contributed by atoms with Gasteiger partial charge in [0.2, 0.25) is 10.0 Å². The second-order valence-corrected chi connectivity index (χ2v) is 9.21. The minimum atomic E-state index is -4.39. The number of benzene rings is 2. The van der Waals surface area contributed by atoms with Crippen LogP contribution in [0.2, 0.25) is 0 Å². The van der Waals surface area contributed by atoms with Gasteiger partial charge in [-0.2, -0.15) is 17.5 Å². The third-order valence-corrected chi connectivity index (χ3v) is 5.94. The van der Waals surface area contributed by atoms with Gasteiger partial charge >= 0.3 is 6.18 Å². The Balaban J connectivity index is 2.19. The van der Waals surface area contributed by atoms with Gasteiger partial charge < -0.3 is 0 Å². The van der Waals surface area contributed by atoms with E-state index in [0.717, 1.165) is 17.7 Å². The van der Waals surface area contributed by atoms with Crippen molar-refractivity contribution in [2.75, 3.05) is 13.1 Å². The molecule has 0 saturated heterocycles. The summed E-state index contributed by atoms with van der Waals surface area (Å²) in [4.78, 5) is 0.162. The second-order valence-electron chi connectivity index (χ2n) is 6.15. The van der Waals surface area contributed by atoms with Gasteiger partial charge in [0.1, 0.15) is 0 Å². The topological polar surface area (TPSA) is 37.4 Å². The largest absolute Gasteiger partial charge is 0.416 e. The highest BCUT2D eigenvalue weighted by Crippen LogP contribution is 2.29. The molecule has 0 aliphatic carbocycles. The second kappa shape index (κ2) is 9.07. The molecule has 150 valence electrons. The van der Waals surface area contributed by atoms with Gasteiger partial charge in [0.05, 0.1) is 10.5 Å². The van der Waals surface area contributed by atoms with E-state index in [1.54, 1.807) is 24.3 Å². The average Bonchev–Trinajstić information content (AvgIpc) is 2.60. The van der Waals surface area contributed by atoms with Gasteiger partial charge in [-0.25, -0.2) is 8.42 Å². The molecular weight excluding hydrogens is 455 g/mol. The maximum absolute atomic E-state index is 12.9. The van der Waals surface area contributed by atoms with Crippen molar-refractivity contribution in [1.29, 1.82) is 0 Å². The van der Waals surface area contributed by atoms with Crippen molar-refractivity contribution in [3.05, 3.63) is 82.4 Å². The predicted molar refractivity (Wildman–Crippen MR) is 108 cm³/mol. The molecule has 0 aliphatic rings. The summed E-state index contributed by atoms with van der Waals surface area (Å²) in [5, 5.41) is 0. The van der Waals surface area contributed by atoms with Gasteiger partial charge in [0.25, 0.3) is 0 Å². The lowest BCUT2D eigenvalue weighted by Crippen LogP contribution is -2.32. The number of rotatable bonds is 7. The Morgan fingerprint density at radius 2 is 1.68 bits per heavy atom. The van der Waals surface area contributed by atoms with E-state index in [0.29, 0.717) is 10.0 Å². The van der Waals surface area contributed by atoms with E-state index in [1.165, 1.54) is 28.6 Å². The number of hydrogen-bond acceptors (Lipinski definition) is 2. The van der Waals surface area contributed by atoms with Crippen LogP contribution in [-0.2, 0) is 16.2 Å². The molecule has 0 heterocycles. The van der Waals surface area contributed by atoms with Crippen molar-refractivity contribution >= 4 is 32.0 Å². The lowest BCUT2D eigenvalue weighted by molar-refractivity contribution is -0.137. The molecule has 0 aliphatic heterocycles. The Bertz CT molecular complexity index is 950. The zero-order valence-electron chi connectivity index (χ0n) is 15.1. The van der Waals surface area contributed by atoms with E-state index in [4.69, 9.17) is 0 Å². The summed E-state index contributed by atoms with van der Waals surface area (Å²) in [6.45, 7) is 5.66. The van der Waals surface area contributed by atoms with Crippen molar-refractivity contribution in [2.45, 2.75) is 18.0 Å². The van der Waals surface area contributed by atoms with Crippen LogP contribution in [0.25, 0.3) is 6.08 Å². The van der Waals surface area contributed by atoms with Crippen molar-refractivity contribution in [3.8, 4) is 0 Å². The molecule has 0 radical (unpaired) electrons. The summed E-state index contributed by atoms with van der Waals surface area (Å²) in [6, 6.07) is 11.1. The van der Waals surface area contributed by atoms with Crippen LogP contribution >= 0.6 is 15.9 Å². The van der Waals surface area contributed by atoms with Gasteiger partial charge in [-0.15, -0.1) is 0 Å². The Kier molecular flexibility index (Phi) is 7.25. The highest BCUT2D eigenvalue weighted by Gasteiger charge is 2.29. The molecule has 0 amide bonds. The zero-order valence-corrected chi connectivity index (χ0v) is 17.5. The number of halogens is 4. The van der Waals surface area contributed by atoms with Gasteiger partial charge in [-0.05, 0) is 36.8 Å². The molecule has 0 saturated carbocycles. The fraction of sp³-hybridized carbons (Fsp3) is 0.200. The van der Waals surface area contributed by atoms with Crippen molar-refractivity contribution in [1.82, 2.24) is 4.31 Å². The molecule has 0 spiro atoms. The van der Waals surface area contributed by atoms with Crippen LogP contribution < -0.4 is 0 Å². The molecule has 8 heteroatoms. The van der Waals surface area contributed by atoms with Crippen molar-refractivity contribution in [3.63, 3.8) is 0 Å². The lowest BCUT2D eigenvalue weighted by atomic mass is 10.1. The molecule has 3 nitrogen and oxygen atoms in total. The van der Waals surface area contributed by atoms with E-state index in [9.17, 15) is 21.6 Å². The summed E-state index contributed by atoms with van der Waals surface area (Å²) in [6.07, 6.45) is -1.23. The molecule has 0 N–H and O–H groups in total. The molecule has 2 rings (SSSR count). The number of aryl methyl sites for hydroxylation is 1. The Hall–Kier alpha value is -1.90. The Morgan fingerprint density at radius 3 is 2.18 bits per heavy atom. The maximum Gasteiger partial charge on any atom is 0.416 e. The van der Waals surface area contributed by atoms with Gasteiger partial charge in [0.15, 0.2) is 0 Å². The SMILES string of the molecule is C=C(Br)CN(CC=Cc1ccc(C(F)(F)F)cc1)S(=O)(=O)c1ccc(C)cc1. The molecule has 0 aromatic heterocycles. The minimum absolute atomic E-state index is 0.0435. The quantitative estimate of drug-likeness (QED) is 0.522. The molecular formula is C20H19BrF3NO2S. The zero-order chi connectivity index (χ0) is 20.9. The van der Waals surface area contributed by atoms with Crippen molar-refractivity contribution < 1.29 is 21.6 Å². The molecule has 0 atom stereocenters. The molecule has 2 aromatic rings.